The summed E-state index contributed by atoms with van der Waals surface area (Å²) in [6.45, 7) is 0.976. The van der Waals surface area contributed by atoms with Gasteiger partial charge >= 0.3 is 0 Å². The SMILES string of the molecule is CN(C)CC[C@@H]1CCC[C@]1(O)Cc1ccccc1F. The molecule has 2 nitrogen and oxygen atoms in total. The van der Waals surface area contributed by atoms with Crippen molar-refractivity contribution in [1.82, 2.24) is 4.90 Å². The normalized spacial score (nSPS) is 27.1. The van der Waals surface area contributed by atoms with Crippen molar-refractivity contribution >= 4 is 0 Å². The molecule has 0 aliphatic heterocycles. The molecule has 2 rings (SSSR count). The van der Waals surface area contributed by atoms with Crippen LogP contribution in [0.3, 0.4) is 0 Å². The molecule has 1 aromatic carbocycles. The molecule has 0 unspecified atom stereocenters. The number of aliphatic hydroxyl groups is 1. The van der Waals surface area contributed by atoms with Crippen molar-refractivity contribution in [2.45, 2.75) is 37.7 Å². The van der Waals surface area contributed by atoms with E-state index in [0.717, 1.165) is 32.2 Å². The summed E-state index contributed by atoms with van der Waals surface area (Å²) in [5.74, 6) is 0.0868. The summed E-state index contributed by atoms with van der Waals surface area (Å²) in [5, 5.41) is 10.9. The van der Waals surface area contributed by atoms with Crippen LogP contribution < -0.4 is 0 Å². The molecule has 106 valence electrons. The lowest BCUT2D eigenvalue weighted by molar-refractivity contribution is -0.00298. The molecule has 1 N–H and O–H groups in total. The third-order valence-corrected chi connectivity index (χ3v) is 4.30. The Labute approximate surface area is 115 Å². The van der Waals surface area contributed by atoms with Gasteiger partial charge in [-0.05, 0) is 57.5 Å². The highest BCUT2D eigenvalue weighted by atomic mass is 19.1. The summed E-state index contributed by atoms with van der Waals surface area (Å²) < 4.78 is 13.7. The number of halogens is 1. The van der Waals surface area contributed by atoms with Crippen molar-refractivity contribution in [3.8, 4) is 0 Å². The van der Waals surface area contributed by atoms with E-state index in [4.69, 9.17) is 0 Å². The van der Waals surface area contributed by atoms with Gasteiger partial charge in [0.15, 0.2) is 0 Å². The summed E-state index contributed by atoms with van der Waals surface area (Å²) in [7, 11) is 4.09. The van der Waals surface area contributed by atoms with Crippen LogP contribution in [0.2, 0.25) is 0 Å². The molecule has 1 aromatic rings. The van der Waals surface area contributed by atoms with Gasteiger partial charge in [-0.3, -0.25) is 0 Å². The van der Waals surface area contributed by atoms with Gasteiger partial charge in [-0.1, -0.05) is 24.6 Å². The predicted octanol–water partition coefficient (Wildman–Crippen LogP) is 2.85. The van der Waals surface area contributed by atoms with Crippen molar-refractivity contribution in [1.29, 1.82) is 0 Å². The van der Waals surface area contributed by atoms with E-state index in [1.807, 2.05) is 20.2 Å². The fourth-order valence-electron chi connectivity index (χ4n) is 3.16. The van der Waals surface area contributed by atoms with E-state index in [9.17, 15) is 9.50 Å². The van der Waals surface area contributed by atoms with Crippen molar-refractivity contribution < 1.29 is 9.50 Å². The van der Waals surface area contributed by atoms with Gasteiger partial charge in [-0.15, -0.1) is 0 Å². The maximum Gasteiger partial charge on any atom is 0.126 e. The highest BCUT2D eigenvalue weighted by Gasteiger charge is 2.41. The highest BCUT2D eigenvalue weighted by molar-refractivity contribution is 5.20. The fourth-order valence-corrected chi connectivity index (χ4v) is 3.16. The van der Waals surface area contributed by atoms with Crippen LogP contribution in [0.25, 0.3) is 0 Å². The molecule has 2 atom stereocenters. The smallest absolute Gasteiger partial charge is 0.126 e. The molecule has 1 fully saturated rings. The third kappa shape index (κ3) is 3.54. The van der Waals surface area contributed by atoms with Gasteiger partial charge in [-0.25, -0.2) is 4.39 Å². The summed E-state index contributed by atoms with van der Waals surface area (Å²) in [6.07, 6.45) is 4.32. The number of hydrogen-bond donors (Lipinski definition) is 1. The molecule has 0 heterocycles. The van der Waals surface area contributed by atoms with Crippen LogP contribution in [0.4, 0.5) is 4.39 Å². The van der Waals surface area contributed by atoms with Crippen LogP contribution in [0.15, 0.2) is 24.3 Å². The number of nitrogens with zero attached hydrogens (tertiary/aromatic N) is 1. The average Bonchev–Trinajstić information content (AvgIpc) is 2.71. The van der Waals surface area contributed by atoms with Crippen LogP contribution in [0, 0.1) is 11.7 Å². The Morgan fingerprint density at radius 2 is 2.11 bits per heavy atom. The van der Waals surface area contributed by atoms with E-state index in [-0.39, 0.29) is 11.7 Å². The van der Waals surface area contributed by atoms with Crippen LogP contribution >= 0.6 is 0 Å². The topological polar surface area (TPSA) is 23.5 Å². The largest absolute Gasteiger partial charge is 0.389 e. The Hall–Kier alpha value is -0.930. The first-order valence-corrected chi connectivity index (χ1v) is 7.12. The lowest BCUT2D eigenvalue weighted by atomic mass is 9.83. The van der Waals surface area contributed by atoms with Gasteiger partial charge < -0.3 is 10.0 Å². The minimum Gasteiger partial charge on any atom is -0.389 e. The van der Waals surface area contributed by atoms with Gasteiger partial charge in [0, 0.05) is 6.42 Å². The standard InChI is InChI=1S/C16H24FNO/c1-18(2)11-9-14-7-5-10-16(14,19)12-13-6-3-4-8-15(13)17/h3-4,6,8,14,19H,5,7,9-12H2,1-2H3/t14-,16-/m0/s1. The van der Waals surface area contributed by atoms with E-state index in [1.165, 1.54) is 6.07 Å². The summed E-state index contributed by atoms with van der Waals surface area (Å²) in [5.41, 5.74) is -0.0835. The van der Waals surface area contributed by atoms with Gasteiger partial charge in [-0.2, -0.15) is 0 Å². The second-order valence-corrected chi connectivity index (χ2v) is 6.05. The highest BCUT2D eigenvalue weighted by Crippen LogP contribution is 2.40. The molecule has 0 bridgehead atoms. The molecule has 19 heavy (non-hydrogen) atoms. The lowest BCUT2D eigenvalue weighted by Gasteiger charge is -2.31. The molecule has 0 spiro atoms. The van der Waals surface area contributed by atoms with Crippen molar-refractivity contribution in [3.63, 3.8) is 0 Å². The Morgan fingerprint density at radius 3 is 2.79 bits per heavy atom. The third-order valence-electron chi connectivity index (χ3n) is 4.30. The summed E-state index contributed by atoms with van der Waals surface area (Å²) in [6, 6.07) is 6.80. The molecule has 0 amide bonds. The number of rotatable bonds is 5. The Balaban J connectivity index is 2.06. The van der Waals surface area contributed by atoms with Crippen molar-refractivity contribution in [2.24, 2.45) is 5.92 Å². The van der Waals surface area contributed by atoms with E-state index in [1.54, 1.807) is 12.1 Å². The maximum atomic E-state index is 13.7. The summed E-state index contributed by atoms with van der Waals surface area (Å²) >= 11 is 0. The zero-order chi connectivity index (χ0) is 13.9. The quantitative estimate of drug-likeness (QED) is 0.885. The van der Waals surface area contributed by atoms with E-state index in [0.29, 0.717) is 12.0 Å². The number of hydrogen-bond acceptors (Lipinski definition) is 2. The number of benzene rings is 1. The van der Waals surface area contributed by atoms with Gasteiger partial charge in [0.1, 0.15) is 5.82 Å². The molecule has 1 aliphatic rings. The van der Waals surface area contributed by atoms with Gasteiger partial charge in [0.25, 0.3) is 0 Å². The Morgan fingerprint density at radius 1 is 1.37 bits per heavy atom. The molecule has 3 heteroatoms. The van der Waals surface area contributed by atoms with Crippen LogP contribution in [0.5, 0.6) is 0 Å². The maximum absolute atomic E-state index is 13.7. The minimum absolute atomic E-state index is 0.200. The zero-order valence-electron chi connectivity index (χ0n) is 11.9. The zero-order valence-corrected chi connectivity index (χ0v) is 11.9. The van der Waals surface area contributed by atoms with Crippen LogP contribution in [0.1, 0.15) is 31.2 Å². The minimum atomic E-state index is -0.724. The average molecular weight is 265 g/mol. The monoisotopic (exact) mass is 265 g/mol. The van der Waals surface area contributed by atoms with E-state index >= 15 is 0 Å². The van der Waals surface area contributed by atoms with Crippen molar-refractivity contribution in [2.75, 3.05) is 20.6 Å². The fraction of sp³-hybridized carbons (Fsp3) is 0.625. The van der Waals surface area contributed by atoms with E-state index < -0.39 is 5.60 Å². The van der Waals surface area contributed by atoms with Gasteiger partial charge in [0.05, 0.1) is 5.60 Å². The molecule has 1 aliphatic carbocycles. The lowest BCUT2D eigenvalue weighted by Crippen LogP contribution is -2.37. The van der Waals surface area contributed by atoms with Crippen LogP contribution in [-0.2, 0) is 6.42 Å². The second-order valence-electron chi connectivity index (χ2n) is 6.05. The molecular weight excluding hydrogens is 241 g/mol. The Bertz CT molecular complexity index is 421. The second kappa shape index (κ2) is 6.02. The first-order chi connectivity index (χ1) is 9.01. The molecule has 0 aromatic heterocycles. The first kappa shape index (κ1) is 14.5. The van der Waals surface area contributed by atoms with Gasteiger partial charge in [0.2, 0.25) is 0 Å². The molecule has 1 saturated carbocycles. The van der Waals surface area contributed by atoms with Crippen LogP contribution in [-0.4, -0.2) is 36.2 Å². The molecule has 0 saturated heterocycles. The Kier molecular flexibility index (Phi) is 4.58. The molecular formula is C16H24FNO. The molecule has 0 radical (unpaired) electrons. The first-order valence-electron chi connectivity index (χ1n) is 7.12. The predicted molar refractivity (Wildman–Crippen MR) is 75.6 cm³/mol. The van der Waals surface area contributed by atoms with E-state index in [2.05, 4.69) is 4.90 Å². The van der Waals surface area contributed by atoms with Crippen molar-refractivity contribution in [3.05, 3.63) is 35.6 Å². The summed E-state index contributed by atoms with van der Waals surface area (Å²) in [4.78, 5) is 2.14.